The molecule has 0 unspecified atom stereocenters. The average molecular weight is 1050 g/mol. The van der Waals surface area contributed by atoms with Crippen molar-refractivity contribution < 1.29 is 87.8 Å². The summed E-state index contributed by atoms with van der Waals surface area (Å²) in [4.78, 5) is 3.37. The van der Waals surface area contributed by atoms with E-state index in [9.17, 15) is 87.8 Å². The molecule has 0 aliphatic carbocycles. The van der Waals surface area contributed by atoms with Gasteiger partial charge in [0.15, 0.2) is 116 Å². The van der Waals surface area contributed by atoms with Crippen LogP contribution in [0.3, 0.4) is 0 Å². The first-order chi connectivity index (χ1) is 32.9. The molecule has 0 aromatic heterocycles. The van der Waals surface area contributed by atoms with E-state index in [4.69, 9.17) is 0 Å². The second-order valence-electron chi connectivity index (χ2n) is 20.2. The van der Waals surface area contributed by atoms with Crippen LogP contribution in [0.25, 0.3) is 0 Å². The van der Waals surface area contributed by atoms with Gasteiger partial charge >= 0.3 is 0 Å². The number of hydrogen-bond donors (Lipinski definition) is 0. The van der Waals surface area contributed by atoms with Gasteiger partial charge < -0.3 is 9.80 Å². The second kappa shape index (κ2) is 20.2. The van der Waals surface area contributed by atoms with Crippen molar-refractivity contribution in [3.63, 3.8) is 0 Å². The van der Waals surface area contributed by atoms with Crippen LogP contribution in [0.2, 0.25) is 0 Å². The number of rotatable bonds is 8. The summed E-state index contributed by atoms with van der Waals surface area (Å²) < 4.78 is 286. The molecular weight excluding hydrogens is 1010 g/mol. The number of benzene rings is 4. The standard InChI is InChI=1S/2C24H22BF10N/c2*1-10(9-36-23(2,3)7-6-8-24(36,4)5)25(11-13(26)17(30)21(34)18(31)14(11)27)12-15(28)19(32)22(35)20(33)16(12)29/h2*9H,6-8H2,1-5H3/b2*10-9+. The largest absolute Gasteiger partial charge is 0.368 e. The van der Waals surface area contributed by atoms with Gasteiger partial charge in [0.1, 0.15) is 0 Å². The van der Waals surface area contributed by atoms with Crippen molar-refractivity contribution in [1.82, 2.24) is 9.80 Å². The molecule has 2 aliphatic rings. The van der Waals surface area contributed by atoms with E-state index in [1.165, 1.54) is 12.4 Å². The lowest BCUT2D eigenvalue weighted by molar-refractivity contribution is 0.0184. The minimum Gasteiger partial charge on any atom is -0.368 e. The lowest BCUT2D eigenvalue weighted by Gasteiger charge is -2.53. The molecule has 2 aliphatic heterocycles. The Hall–Kier alpha value is -5.31. The maximum absolute atomic E-state index is 14.9. The van der Waals surface area contributed by atoms with Gasteiger partial charge in [-0.3, -0.25) is 0 Å². The summed E-state index contributed by atoms with van der Waals surface area (Å²) in [7, 11) is 0. The molecule has 0 saturated carbocycles. The van der Waals surface area contributed by atoms with Gasteiger partial charge in [0, 0.05) is 44.0 Å². The number of piperidine rings is 2. The minimum absolute atomic E-state index is 0.413. The fourth-order valence-electron chi connectivity index (χ4n) is 9.98. The van der Waals surface area contributed by atoms with Gasteiger partial charge in [-0.05, 0) is 120 Å². The fourth-order valence-corrected chi connectivity index (χ4v) is 9.98. The van der Waals surface area contributed by atoms with Crippen LogP contribution in [0.5, 0.6) is 0 Å². The fraction of sp³-hybridized carbons (Fsp3) is 0.417. The minimum atomic E-state index is -2.55. The van der Waals surface area contributed by atoms with Crippen LogP contribution < -0.4 is 21.9 Å². The van der Waals surface area contributed by atoms with Gasteiger partial charge in [0.2, 0.25) is 0 Å². The van der Waals surface area contributed by atoms with E-state index in [0.717, 1.165) is 26.7 Å². The highest BCUT2D eigenvalue weighted by atomic mass is 19.2. The van der Waals surface area contributed by atoms with E-state index < -0.39 is 185 Å². The molecule has 4 aromatic carbocycles. The molecule has 0 amide bonds. The molecule has 4 aromatic rings. The Morgan fingerprint density at radius 2 is 0.431 bits per heavy atom. The molecule has 0 bridgehead atoms. The van der Waals surface area contributed by atoms with E-state index in [2.05, 4.69) is 0 Å². The predicted molar refractivity (Wildman–Crippen MR) is 230 cm³/mol. The highest BCUT2D eigenvalue weighted by molar-refractivity contribution is 6.91. The number of hydrogen-bond acceptors (Lipinski definition) is 2. The van der Waals surface area contributed by atoms with E-state index >= 15 is 0 Å². The van der Waals surface area contributed by atoms with Crippen molar-refractivity contribution in [3.8, 4) is 0 Å². The maximum Gasteiger partial charge on any atom is 0.254 e. The number of halogens is 20. The molecule has 2 saturated heterocycles. The first-order valence-corrected chi connectivity index (χ1v) is 21.9. The zero-order valence-electron chi connectivity index (χ0n) is 40.0. The van der Waals surface area contributed by atoms with E-state index in [-0.39, 0.29) is 0 Å². The molecule has 0 atom stereocenters. The molecule has 2 nitrogen and oxygen atoms in total. The lowest BCUT2D eigenvalue weighted by atomic mass is 9.36. The van der Waals surface area contributed by atoms with Crippen LogP contribution in [0.1, 0.15) is 108 Å². The predicted octanol–water partition coefficient (Wildman–Crippen LogP) is 12.3. The molecular formula is C48H44B2F20N2. The van der Waals surface area contributed by atoms with E-state index in [1.54, 1.807) is 65.2 Å². The van der Waals surface area contributed by atoms with Crippen molar-refractivity contribution in [2.45, 2.75) is 130 Å². The monoisotopic (exact) mass is 1050 g/mol. The Morgan fingerprint density at radius 3 is 0.583 bits per heavy atom. The molecule has 24 heteroatoms. The molecule has 2 fully saturated rings. The van der Waals surface area contributed by atoms with Gasteiger partial charge in [-0.1, -0.05) is 10.9 Å². The molecule has 72 heavy (non-hydrogen) atoms. The van der Waals surface area contributed by atoms with Gasteiger partial charge in [-0.25, -0.2) is 87.8 Å². The van der Waals surface area contributed by atoms with Crippen LogP contribution >= 0.6 is 0 Å². The van der Waals surface area contributed by atoms with Gasteiger partial charge in [-0.2, -0.15) is 0 Å². The van der Waals surface area contributed by atoms with Crippen molar-refractivity contribution in [2.24, 2.45) is 0 Å². The van der Waals surface area contributed by atoms with Crippen molar-refractivity contribution in [1.29, 1.82) is 0 Å². The number of nitrogens with zero attached hydrogens (tertiary/aromatic N) is 2. The maximum atomic E-state index is 14.9. The Morgan fingerprint density at radius 1 is 0.292 bits per heavy atom. The van der Waals surface area contributed by atoms with Crippen LogP contribution in [0, 0.1) is 116 Å². The van der Waals surface area contributed by atoms with Crippen LogP contribution in [0.4, 0.5) is 87.8 Å². The average Bonchev–Trinajstić information content (AvgIpc) is 3.30. The normalized spacial score (nSPS) is 17.5. The third kappa shape index (κ3) is 9.91. The summed E-state index contributed by atoms with van der Waals surface area (Å²) in [5.74, 6) is -49.2. The number of likely N-dealkylation sites (tertiary alicyclic amines) is 2. The lowest BCUT2D eigenvalue weighted by Crippen LogP contribution is -2.57. The van der Waals surface area contributed by atoms with Crippen LogP contribution in [0.15, 0.2) is 23.3 Å². The van der Waals surface area contributed by atoms with Crippen molar-refractivity contribution in [2.75, 3.05) is 0 Å². The highest BCUT2D eigenvalue weighted by Gasteiger charge is 2.46. The first kappa shape index (κ1) is 57.6. The topological polar surface area (TPSA) is 6.48 Å². The van der Waals surface area contributed by atoms with Crippen LogP contribution in [-0.4, -0.2) is 45.4 Å². The molecule has 2 heterocycles. The van der Waals surface area contributed by atoms with Gasteiger partial charge in [0.05, 0.1) is 0 Å². The van der Waals surface area contributed by atoms with E-state index in [0.29, 0.717) is 25.7 Å². The number of allylic oxidation sites excluding steroid dienone is 2. The van der Waals surface area contributed by atoms with E-state index in [1.807, 2.05) is 0 Å². The quantitative estimate of drug-likeness (QED) is 0.0751. The van der Waals surface area contributed by atoms with Gasteiger partial charge in [-0.15, -0.1) is 0 Å². The molecule has 392 valence electrons. The summed E-state index contributed by atoms with van der Waals surface area (Å²) in [6, 6.07) is 0. The Bertz CT molecular complexity index is 2410. The summed E-state index contributed by atoms with van der Waals surface area (Å²) in [6.07, 6.45) is 6.40. The first-order valence-electron chi connectivity index (χ1n) is 21.9. The summed E-state index contributed by atoms with van der Waals surface area (Å²) in [5.41, 5.74) is -10.3. The molecule has 0 radical (unpaired) electrons. The highest BCUT2D eigenvalue weighted by Crippen LogP contribution is 2.41. The summed E-state index contributed by atoms with van der Waals surface area (Å²) in [5, 5.41) is 0. The van der Waals surface area contributed by atoms with Crippen molar-refractivity contribution in [3.05, 3.63) is 140 Å². The zero-order chi connectivity index (χ0) is 55.0. The zero-order valence-corrected chi connectivity index (χ0v) is 40.0. The molecule has 6 rings (SSSR count). The third-order valence-electron chi connectivity index (χ3n) is 13.5. The summed E-state index contributed by atoms with van der Waals surface area (Å²) in [6.45, 7) is 11.4. The third-order valence-corrected chi connectivity index (χ3v) is 13.5. The Labute approximate surface area is 401 Å². The molecule has 0 N–H and O–H groups in total. The van der Waals surface area contributed by atoms with Gasteiger partial charge in [0.25, 0.3) is 13.4 Å². The molecule has 0 spiro atoms. The Kier molecular flexibility index (Phi) is 16.1. The second-order valence-corrected chi connectivity index (χ2v) is 20.2. The van der Waals surface area contributed by atoms with Crippen molar-refractivity contribution >= 4 is 35.3 Å². The Balaban J connectivity index is 0.000000267. The smallest absolute Gasteiger partial charge is 0.254 e. The van der Waals surface area contributed by atoms with Crippen LogP contribution in [-0.2, 0) is 0 Å². The summed E-state index contributed by atoms with van der Waals surface area (Å²) >= 11 is 0. The SMILES string of the molecule is C/C(=C\N1C(C)(C)CCCC1(C)C)B(c1c(F)c(F)c(F)c(F)c1F)c1c(F)c(F)c(F)c(F)c1F.C/C(=C\N1C(C)(C)CCCC1(C)C)B(c1c(F)c(F)c(F)c(F)c1F)c1c(F)c(F)c(F)c(F)c1F.